The van der Waals surface area contributed by atoms with Crippen molar-refractivity contribution >= 4 is 0 Å². The zero-order valence-electron chi connectivity index (χ0n) is 20.8. The van der Waals surface area contributed by atoms with Crippen LogP contribution in [0.4, 0.5) is 0 Å². The predicted octanol–water partition coefficient (Wildman–Crippen LogP) is 3.23. The van der Waals surface area contributed by atoms with Gasteiger partial charge in [-0.25, -0.2) is 4.98 Å². The normalized spacial score (nSPS) is 18.7. The molecular weight excluding hydrogens is 446 g/mol. The van der Waals surface area contributed by atoms with Gasteiger partial charge in [0.1, 0.15) is 30.4 Å². The van der Waals surface area contributed by atoms with Crippen LogP contribution in [0.1, 0.15) is 17.0 Å². The van der Waals surface area contributed by atoms with Crippen molar-refractivity contribution in [1.29, 1.82) is 0 Å². The van der Waals surface area contributed by atoms with E-state index < -0.39 is 5.60 Å². The lowest BCUT2D eigenvalue weighted by molar-refractivity contribution is -0.0646. The maximum atomic E-state index is 11.2. The van der Waals surface area contributed by atoms with Crippen LogP contribution >= 0.6 is 0 Å². The van der Waals surface area contributed by atoms with E-state index in [1.165, 1.54) is 5.56 Å². The van der Waals surface area contributed by atoms with Gasteiger partial charge in [0, 0.05) is 32.0 Å². The minimum absolute atomic E-state index is 0.166. The molecule has 0 bridgehead atoms. The van der Waals surface area contributed by atoms with Gasteiger partial charge in [-0.1, -0.05) is 23.8 Å². The van der Waals surface area contributed by atoms with Gasteiger partial charge in [-0.05, 0) is 43.7 Å². The van der Waals surface area contributed by atoms with E-state index in [-0.39, 0.29) is 13.2 Å². The van der Waals surface area contributed by atoms with Crippen molar-refractivity contribution in [2.24, 2.45) is 0 Å². The van der Waals surface area contributed by atoms with Gasteiger partial charge in [0.05, 0.1) is 26.9 Å². The summed E-state index contributed by atoms with van der Waals surface area (Å²) in [5.74, 6) is 3.09. The van der Waals surface area contributed by atoms with Gasteiger partial charge in [-0.2, -0.15) is 0 Å². The summed E-state index contributed by atoms with van der Waals surface area (Å²) in [6, 6.07) is 13.8. The van der Waals surface area contributed by atoms with Gasteiger partial charge in [-0.3, -0.25) is 4.90 Å². The average Bonchev–Trinajstić information content (AvgIpc) is 3.17. The topological polar surface area (TPSA) is 78.2 Å². The fourth-order valence-corrected chi connectivity index (χ4v) is 4.15. The molecule has 1 atom stereocenters. The highest BCUT2D eigenvalue weighted by Gasteiger charge is 2.33. The number of ether oxygens (including phenoxy) is 4. The molecule has 2 aromatic carbocycles. The molecule has 0 unspecified atom stereocenters. The number of benzene rings is 2. The summed E-state index contributed by atoms with van der Waals surface area (Å²) in [7, 11) is 1.65. The zero-order chi connectivity index (χ0) is 24.7. The van der Waals surface area contributed by atoms with E-state index in [9.17, 15) is 5.11 Å². The Labute approximate surface area is 207 Å². The van der Waals surface area contributed by atoms with E-state index in [1.54, 1.807) is 13.3 Å². The van der Waals surface area contributed by atoms with Crippen molar-refractivity contribution in [1.82, 2.24) is 14.5 Å². The highest BCUT2D eigenvalue weighted by molar-refractivity contribution is 5.43. The second-order valence-corrected chi connectivity index (χ2v) is 9.09. The predicted molar refractivity (Wildman–Crippen MR) is 133 cm³/mol. The molecule has 1 N–H and O–H groups in total. The average molecular weight is 482 g/mol. The van der Waals surface area contributed by atoms with Gasteiger partial charge in [0.25, 0.3) is 0 Å². The Morgan fingerprint density at radius 1 is 1.09 bits per heavy atom. The summed E-state index contributed by atoms with van der Waals surface area (Å²) in [5, 5.41) is 11.2. The Kier molecular flexibility index (Phi) is 8.28. The second kappa shape index (κ2) is 11.6. The van der Waals surface area contributed by atoms with Gasteiger partial charge in [-0.15, -0.1) is 0 Å². The lowest BCUT2D eigenvalue weighted by atomic mass is 10.1. The smallest absolute Gasteiger partial charge is 0.161 e. The third-order valence-corrected chi connectivity index (χ3v) is 6.12. The molecule has 2 heterocycles. The van der Waals surface area contributed by atoms with Crippen LogP contribution in [-0.4, -0.2) is 71.8 Å². The molecule has 8 nitrogen and oxygen atoms in total. The third-order valence-electron chi connectivity index (χ3n) is 6.12. The molecule has 0 aliphatic carbocycles. The van der Waals surface area contributed by atoms with E-state index in [0.717, 1.165) is 23.7 Å². The highest BCUT2D eigenvalue weighted by Crippen LogP contribution is 2.29. The fourth-order valence-electron chi connectivity index (χ4n) is 4.15. The van der Waals surface area contributed by atoms with E-state index in [4.69, 9.17) is 18.9 Å². The molecule has 8 heteroatoms. The van der Waals surface area contributed by atoms with Crippen LogP contribution in [0.25, 0.3) is 0 Å². The van der Waals surface area contributed by atoms with E-state index in [2.05, 4.69) is 9.88 Å². The molecule has 1 aliphatic rings. The molecule has 188 valence electrons. The van der Waals surface area contributed by atoms with Crippen LogP contribution in [0.15, 0.2) is 54.9 Å². The Morgan fingerprint density at radius 2 is 1.91 bits per heavy atom. The van der Waals surface area contributed by atoms with Crippen molar-refractivity contribution in [2.45, 2.75) is 32.5 Å². The molecule has 0 amide bonds. The number of hydrogen-bond acceptors (Lipinski definition) is 7. The van der Waals surface area contributed by atoms with Crippen molar-refractivity contribution in [2.75, 3.05) is 46.6 Å². The first kappa shape index (κ1) is 25.0. The van der Waals surface area contributed by atoms with Crippen LogP contribution in [0.3, 0.4) is 0 Å². The maximum Gasteiger partial charge on any atom is 0.161 e. The van der Waals surface area contributed by atoms with E-state index >= 15 is 0 Å². The van der Waals surface area contributed by atoms with Crippen LogP contribution in [0, 0.1) is 13.8 Å². The largest absolute Gasteiger partial charge is 0.493 e. The Balaban J connectivity index is 1.35. The molecule has 1 aliphatic heterocycles. The summed E-state index contributed by atoms with van der Waals surface area (Å²) in [5.41, 5.74) is 1.14. The minimum Gasteiger partial charge on any atom is -0.493 e. The molecule has 35 heavy (non-hydrogen) atoms. The monoisotopic (exact) mass is 481 g/mol. The Hall–Kier alpha value is -3.07. The Morgan fingerprint density at radius 3 is 2.66 bits per heavy atom. The van der Waals surface area contributed by atoms with Gasteiger partial charge in [0.2, 0.25) is 0 Å². The number of β-amino-alcohol motifs (C(OH)–C–C–N with tert-alkyl or cyclic N) is 1. The maximum absolute atomic E-state index is 11.2. The summed E-state index contributed by atoms with van der Waals surface area (Å²) in [4.78, 5) is 6.42. The molecule has 3 aromatic rings. The fraction of sp³-hybridized carbons (Fsp3) is 0.444. The van der Waals surface area contributed by atoms with Crippen molar-refractivity contribution in [3.05, 3.63) is 71.8 Å². The van der Waals surface area contributed by atoms with E-state index in [1.807, 2.05) is 67.1 Å². The summed E-state index contributed by atoms with van der Waals surface area (Å²) in [6.45, 7) is 8.02. The van der Waals surface area contributed by atoms with Gasteiger partial charge >= 0.3 is 0 Å². The SMILES string of the molecule is COc1cc(CN2CCOC[C@@](O)(COc3ccc(C)cc3)C2)ccc1OCCn1ccnc1C. The summed E-state index contributed by atoms with van der Waals surface area (Å²) in [6.07, 6.45) is 3.73. The number of hydrogen-bond donors (Lipinski definition) is 1. The number of rotatable bonds is 10. The van der Waals surface area contributed by atoms with Gasteiger partial charge < -0.3 is 28.6 Å². The number of imidazole rings is 1. The number of aryl methyl sites for hydroxylation is 2. The number of nitrogens with zero attached hydrogens (tertiary/aromatic N) is 3. The summed E-state index contributed by atoms with van der Waals surface area (Å²) < 4.78 is 25.2. The molecule has 0 radical (unpaired) electrons. The molecule has 4 rings (SSSR count). The molecule has 1 fully saturated rings. The first-order chi connectivity index (χ1) is 16.9. The number of aliphatic hydroxyl groups is 1. The molecule has 1 aromatic heterocycles. The highest BCUT2D eigenvalue weighted by atomic mass is 16.5. The Bertz CT molecular complexity index is 1080. The van der Waals surface area contributed by atoms with Crippen LogP contribution in [0.2, 0.25) is 0 Å². The lowest BCUT2D eigenvalue weighted by Crippen LogP contribution is -2.48. The van der Waals surface area contributed by atoms with Crippen LogP contribution in [-0.2, 0) is 17.8 Å². The quantitative estimate of drug-likeness (QED) is 0.476. The number of methoxy groups -OCH3 is 1. The van der Waals surface area contributed by atoms with Crippen LogP contribution < -0.4 is 14.2 Å². The molecule has 0 saturated carbocycles. The van der Waals surface area contributed by atoms with Crippen molar-refractivity contribution < 1.29 is 24.1 Å². The third kappa shape index (κ3) is 6.97. The molecular formula is C27H35N3O5. The van der Waals surface area contributed by atoms with Crippen LogP contribution in [0.5, 0.6) is 17.2 Å². The van der Waals surface area contributed by atoms with Crippen molar-refractivity contribution in [3.8, 4) is 17.2 Å². The first-order valence-electron chi connectivity index (χ1n) is 11.9. The van der Waals surface area contributed by atoms with Crippen molar-refractivity contribution in [3.63, 3.8) is 0 Å². The second-order valence-electron chi connectivity index (χ2n) is 9.09. The van der Waals surface area contributed by atoms with E-state index in [0.29, 0.717) is 44.3 Å². The number of aromatic nitrogens is 2. The minimum atomic E-state index is -1.10. The molecule has 0 spiro atoms. The van der Waals surface area contributed by atoms with Gasteiger partial charge in [0.15, 0.2) is 11.5 Å². The standard InChI is InChI=1S/C27H35N3O5/c1-21-4-7-24(8-5-21)35-20-27(31)18-29(12-14-33-19-27)17-23-6-9-25(26(16-23)32-3)34-15-13-30-11-10-28-22(30)2/h4-11,16,31H,12-15,17-20H2,1-3H3/t27-/m1/s1. The lowest BCUT2D eigenvalue weighted by Gasteiger charge is -2.30. The first-order valence-corrected chi connectivity index (χ1v) is 11.9. The summed E-state index contributed by atoms with van der Waals surface area (Å²) >= 11 is 0. The zero-order valence-corrected chi connectivity index (χ0v) is 20.8. The molecule has 1 saturated heterocycles.